The molecule has 156 valence electrons. The van der Waals surface area contributed by atoms with Gasteiger partial charge in [-0.2, -0.15) is 0 Å². The molecule has 1 saturated heterocycles. The van der Waals surface area contributed by atoms with E-state index in [0.717, 1.165) is 24.1 Å². The van der Waals surface area contributed by atoms with Gasteiger partial charge in [-0.15, -0.1) is 0 Å². The van der Waals surface area contributed by atoms with E-state index in [2.05, 4.69) is 0 Å². The Labute approximate surface area is 181 Å². The summed E-state index contributed by atoms with van der Waals surface area (Å²) in [5, 5.41) is 11.2. The zero-order valence-corrected chi connectivity index (χ0v) is 17.6. The second-order valence-electron chi connectivity index (χ2n) is 7.58. The van der Waals surface area contributed by atoms with Crippen molar-refractivity contribution in [1.29, 1.82) is 0 Å². The van der Waals surface area contributed by atoms with Crippen LogP contribution in [0.25, 0.3) is 5.69 Å². The summed E-state index contributed by atoms with van der Waals surface area (Å²) in [6.45, 7) is 1.18. The first-order valence-corrected chi connectivity index (χ1v) is 10.5. The van der Waals surface area contributed by atoms with E-state index in [4.69, 9.17) is 16.3 Å². The summed E-state index contributed by atoms with van der Waals surface area (Å²) >= 11 is 6.49. The van der Waals surface area contributed by atoms with Crippen LogP contribution in [0.1, 0.15) is 34.9 Å². The number of ether oxygens (including phenoxy) is 1. The maximum atomic E-state index is 13.2. The molecule has 4 rings (SSSR count). The number of amides is 1. The van der Waals surface area contributed by atoms with Crippen molar-refractivity contribution in [3.05, 3.63) is 83.1 Å². The van der Waals surface area contributed by atoms with Crippen LogP contribution in [-0.4, -0.2) is 40.7 Å². The van der Waals surface area contributed by atoms with E-state index in [1.165, 1.54) is 0 Å². The summed E-state index contributed by atoms with van der Waals surface area (Å²) in [5.41, 5.74) is 2.15. The summed E-state index contributed by atoms with van der Waals surface area (Å²) in [6.07, 6.45) is 4.78. The third kappa shape index (κ3) is 4.09. The Morgan fingerprint density at radius 3 is 2.40 bits per heavy atom. The highest BCUT2D eigenvalue weighted by Gasteiger charge is 2.30. The molecule has 1 N–H and O–H groups in total. The van der Waals surface area contributed by atoms with E-state index >= 15 is 0 Å². The summed E-state index contributed by atoms with van der Waals surface area (Å²) in [6, 6.07) is 17.0. The highest BCUT2D eigenvalue weighted by molar-refractivity contribution is 6.33. The number of benzene rings is 2. The fraction of sp³-hybridized carbons (Fsp3) is 0.292. The van der Waals surface area contributed by atoms with Crippen LogP contribution in [0.5, 0.6) is 5.75 Å². The molecule has 3 aromatic rings. The average Bonchev–Trinajstić information content (AvgIpc) is 3.33. The molecule has 1 aliphatic rings. The van der Waals surface area contributed by atoms with Crippen molar-refractivity contribution in [3.8, 4) is 11.4 Å². The molecule has 0 saturated carbocycles. The number of hydrogen-bond donors (Lipinski definition) is 1. The molecular formula is C24H25ClN2O3. The van der Waals surface area contributed by atoms with Crippen molar-refractivity contribution in [2.75, 3.05) is 20.2 Å². The van der Waals surface area contributed by atoms with Gasteiger partial charge in [0.05, 0.1) is 29.5 Å². The lowest BCUT2D eigenvalue weighted by molar-refractivity contribution is 0.0460. The Hall–Kier alpha value is -2.76. The molecule has 1 aromatic heterocycles. The molecule has 0 spiro atoms. The van der Waals surface area contributed by atoms with Crippen LogP contribution in [0, 0.1) is 5.92 Å². The first kappa shape index (κ1) is 20.5. The molecule has 0 bridgehead atoms. The molecule has 1 unspecified atom stereocenters. The van der Waals surface area contributed by atoms with E-state index in [1.54, 1.807) is 19.2 Å². The zero-order chi connectivity index (χ0) is 21.1. The van der Waals surface area contributed by atoms with Crippen LogP contribution in [0.2, 0.25) is 5.02 Å². The number of aromatic nitrogens is 1. The Morgan fingerprint density at radius 1 is 1.10 bits per heavy atom. The lowest BCUT2D eigenvalue weighted by Gasteiger charge is -2.34. The quantitative estimate of drug-likeness (QED) is 0.644. The van der Waals surface area contributed by atoms with Crippen molar-refractivity contribution in [2.24, 2.45) is 5.92 Å². The number of carbonyl (C=O) groups is 1. The van der Waals surface area contributed by atoms with E-state index in [0.29, 0.717) is 29.4 Å². The summed E-state index contributed by atoms with van der Waals surface area (Å²) in [5.74, 6) is 0.540. The fourth-order valence-electron chi connectivity index (χ4n) is 4.08. The van der Waals surface area contributed by atoms with Gasteiger partial charge in [-0.05, 0) is 42.5 Å². The molecular weight excluding hydrogens is 400 g/mol. The van der Waals surface area contributed by atoms with Gasteiger partial charge in [-0.25, -0.2) is 0 Å². The number of rotatable bonds is 5. The predicted molar refractivity (Wildman–Crippen MR) is 117 cm³/mol. The van der Waals surface area contributed by atoms with Gasteiger partial charge in [0.25, 0.3) is 5.91 Å². The predicted octanol–water partition coefficient (Wildman–Crippen LogP) is 4.73. The monoisotopic (exact) mass is 424 g/mol. The lowest BCUT2D eigenvalue weighted by Crippen LogP contribution is -2.40. The minimum atomic E-state index is -0.506. The maximum Gasteiger partial charge on any atom is 0.257 e. The first-order chi connectivity index (χ1) is 14.6. The molecule has 5 nitrogen and oxygen atoms in total. The van der Waals surface area contributed by atoms with Crippen molar-refractivity contribution in [3.63, 3.8) is 0 Å². The highest BCUT2D eigenvalue weighted by Crippen LogP contribution is 2.34. The molecule has 6 heteroatoms. The van der Waals surface area contributed by atoms with Crippen molar-refractivity contribution >= 4 is 17.5 Å². The Kier molecular flexibility index (Phi) is 6.11. The topological polar surface area (TPSA) is 54.7 Å². The summed E-state index contributed by atoms with van der Waals surface area (Å²) in [7, 11) is 1.56. The zero-order valence-electron chi connectivity index (χ0n) is 16.9. The molecule has 1 aliphatic heterocycles. The largest absolute Gasteiger partial charge is 0.496 e. The second kappa shape index (κ2) is 8.94. The normalized spacial score (nSPS) is 15.8. The van der Waals surface area contributed by atoms with Gasteiger partial charge >= 0.3 is 0 Å². The van der Waals surface area contributed by atoms with Crippen LogP contribution in [0.15, 0.2) is 67.0 Å². The Morgan fingerprint density at radius 2 is 1.77 bits per heavy atom. The number of hydrogen-bond acceptors (Lipinski definition) is 3. The van der Waals surface area contributed by atoms with Crippen LogP contribution in [0.3, 0.4) is 0 Å². The molecule has 1 atom stereocenters. The number of nitrogens with zero attached hydrogens (tertiary/aromatic N) is 2. The third-order valence-corrected chi connectivity index (χ3v) is 6.10. The summed E-state index contributed by atoms with van der Waals surface area (Å²) in [4.78, 5) is 15.0. The number of carbonyl (C=O) groups excluding carboxylic acids is 1. The maximum absolute atomic E-state index is 13.2. The number of likely N-dealkylation sites (tertiary alicyclic amines) is 1. The minimum absolute atomic E-state index is 0.0968. The standard InChI is InChI=1S/C24H25ClN2O3/c1-30-22-16-21(26-11-5-6-12-26)20(25)15-19(22)24(29)27-13-9-18(10-14-27)23(28)17-7-3-2-4-8-17/h2-8,11-12,15-16,18,23,28H,9-10,13-14H2,1H3. The smallest absolute Gasteiger partial charge is 0.257 e. The van der Waals surface area contributed by atoms with Crippen LogP contribution < -0.4 is 4.74 Å². The van der Waals surface area contributed by atoms with E-state index < -0.39 is 6.10 Å². The fourth-order valence-corrected chi connectivity index (χ4v) is 4.34. The van der Waals surface area contributed by atoms with Crippen molar-refractivity contribution in [2.45, 2.75) is 18.9 Å². The SMILES string of the molecule is COc1cc(-n2cccc2)c(Cl)cc1C(=O)N1CCC(C(O)c2ccccc2)CC1. The van der Waals surface area contributed by atoms with Crippen LogP contribution in [-0.2, 0) is 0 Å². The highest BCUT2D eigenvalue weighted by atomic mass is 35.5. The van der Waals surface area contributed by atoms with Crippen LogP contribution >= 0.6 is 11.6 Å². The molecule has 2 aromatic carbocycles. The number of aliphatic hydroxyl groups excluding tert-OH is 1. The Bertz CT molecular complexity index is 997. The van der Waals surface area contributed by atoms with Crippen molar-refractivity contribution < 1.29 is 14.6 Å². The van der Waals surface area contributed by atoms with Crippen LogP contribution in [0.4, 0.5) is 0 Å². The van der Waals surface area contributed by atoms with Gasteiger partial charge < -0.3 is 19.3 Å². The second-order valence-corrected chi connectivity index (χ2v) is 7.99. The van der Waals surface area contributed by atoms with Gasteiger partial charge in [0, 0.05) is 31.5 Å². The molecule has 2 heterocycles. The van der Waals surface area contributed by atoms with Gasteiger partial charge in [0.2, 0.25) is 0 Å². The van der Waals surface area contributed by atoms with Crippen molar-refractivity contribution in [1.82, 2.24) is 9.47 Å². The van der Waals surface area contributed by atoms with Gasteiger partial charge in [0.1, 0.15) is 5.75 Å². The number of methoxy groups -OCH3 is 1. The number of aliphatic hydroxyl groups is 1. The molecule has 0 aliphatic carbocycles. The molecule has 0 radical (unpaired) electrons. The average molecular weight is 425 g/mol. The Balaban J connectivity index is 1.48. The van der Waals surface area contributed by atoms with Gasteiger partial charge in [0.15, 0.2) is 0 Å². The third-order valence-electron chi connectivity index (χ3n) is 5.80. The molecule has 1 amide bonds. The molecule has 30 heavy (non-hydrogen) atoms. The summed E-state index contributed by atoms with van der Waals surface area (Å²) < 4.78 is 7.39. The lowest BCUT2D eigenvalue weighted by atomic mass is 9.87. The first-order valence-electron chi connectivity index (χ1n) is 10.1. The van der Waals surface area contributed by atoms with Gasteiger partial charge in [-0.1, -0.05) is 41.9 Å². The van der Waals surface area contributed by atoms with Gasteiger partial charge in [-0.3, -0.25) is 4.79 Å². The van der Waals surface area contributed by atoms with E-state index in [-0.39, 0.29) is 11.8 Å². The van der Waals surface area contributed by atoms with E-state index in [9.17, 15) is 9.90 Å². The van der Waals surface area contributed by atoms with E-state index in [1.807, 2.05) is 64.3 Å². The molecule has 1 fully saturated rings. The number of halogens is 1. The number of piperidine rings is 1. The minimum Gasteiger partial charge on any atom is -0.496 e.